The summed E-state index contributed by atoms with van der Waals surface area (Å²) in [5.41, 5.74) is 0. The molecule has 18 heavy (non-hydrogen) atoms. The second-order valence-electron chi connectivity index (χ2n) is 4.83. The van der Waals surface area contributed by atoms with Crippen LogP contribution in [0.4, 0.5) is 0 Å². The summed E-state index contributed by atoms with van der Waals surface area (Å²) in [5.74, 6) is 0.704. The highest BCUT2D eigenvalue weighted by atomic mass is 16.5. The Morgan fingerprint density at radius 3 is 2.28 bits per heavy atom. The van der Waals surface area contributed by atoms with Gasteiger partial charge in [-0.15, -0.1) is 0 Å². The van der Waals surface area contributed by atoms with Crippen molar-refractivity contribution in [2.45, 2.75) is 59.5 Å². The zero-order valence-corrected chi connectivity index (χ0v) is 12.7. The minimum Gasteiger partial charge on any atom is -0.379 e. The molecular weight excluding hydrogens is 228 g/mol. The first kappa shape index (κ1) is 17.9. The van der Waals surface area contributed by atoms with E-state index in [0.717, 1.165) is 13.2 Å². The third kappa shape index (κ3) is 11.0. The zero-order chi connectivity index (χ0) is 13.6. The van der Waals surface area contributed by atoms with Crippen LogP contribution in [0.3, 0.4) is 0 Å². The van der Waals surface area contributed by atoms with Crippen LogP contribution in [0.25, 0.3) is 0 Å². The van der Waals surface area contributed by atoms with Gasteiger partial charge in [-0.1, -0.05) is 33.1 Å². The Morgan fingerprint density at radius 1 is 0.944 bits per heavy atom. The smallest absolute Gasteiger partial charge is 0.0780 e. The normalized spacial score (nSPS) is 14.7. The second-order valence-corrected chi connectivity index (χ2v) is 4.83. The van der Waals surface area contributed by atoms with Crippen LogP contribution >= 0.6 is 0 Å². The van der Waals surface area contributed by atoms with Crippen molar-refractivity contribution in [3.63, 3.8) is 0 Å². The molecule has 2 unspecified atom stereocenters. The summed E-state index contributed by atoms with van der Waals surface area (Å²) in [4.78, 5) is 0. The number of rotatable bonds is 13. The molecule has 0 fully saturated rings. The summed E-state index contributed by atoms with van der Waals surface area (Å²) >= 11 is 0. The van der Waals surface area contributed by atoms with Gasteiger partial charge in [0.15, 0.2) is 0 Å². The van der Waals surface area contributed by atoms with E-state index in [9.17, 15) is 0 Å². The fourth-order valence-electron chi connectivity index (χ4n) is 1.76. The Hall–Kier alpha value is -0.120. The first-order chi connectivity index (χ1) is 8.74. The molecule has 0 rings (SSSR count). The van der Waals surface area contributed by atoms with E-state index in [1.54, 1.807) is 0 Å². The Labute approximate surface area is 113 Å². The van der Waals surface area contributed by atoms with Crippen molar-refractivity contribution in [1.29, 1.82) is 0 Å². The van der Waals surface area contributed by atoms with E-state index in [-0.39, 0.29) is 6.10 Å². The minimum absolute atomic E-state index is 0.183. The fourth-order valence-corrected chi connectivity index (χ4v) is 1.76. The van der Waals surface area contributed by atoms with Crippen molar-refractivity contribution in [3.05, 3.63) is 0 Å². The Kier molecular flexibility index (Phi) is 13.2. The van der Waals surface area contributed by atoms with E-state index in [2.05, 4.69) is 20.8 Å². The predicted molar refractivity (Wildman–Crippen MR) is 76.0 cm³/mol. The maximum Gasteiger partial charge on any atom is 0.0780 e. The molecule has 0 heterocycles. The van der Waals surface area contributed by atoms with E-state index in [0.29, 0.717) is 25.7 Å². The van der Waals surface area contributed by atoms with Gasteiger partial charge < -0.3 is 14.2 Å². The second kappa shape index (κ2) is 13.3. The first-order valence-electron chi connectivity index (χ1n) is 7.51. The highest BCUT2D eigenvalue weighted by Gasteiger charge is 2.09. The van der Waals surface area contributed by atoms with E-state index in [1.807, 2.05) is 6.92 Å². The molecule has 0 spiro atoms. The maximum absolute atomic E-state index is 5.83. The largest absolute Gasteiger partial charge is 0.379 e. The quantitative estimate of drug-likeness (QED) is 0.473. The highest BCUT2D eigenvalue weighted by molar-refractivity contribution is 4.58. The summed E-state index contributed by atoms with van der Waals surface area (Å²) in [5, 5.41) is 0. The monoisotopic (exact) mass is 260 g/mol. The summed E-state index contributed by atoms with van der Waals surface area (Å²) in [6.07, 6.45) is 5.25. The molecule has 2 atom stereocenters. The average molecular weight is 260 g/mol. The van der Waals surface area contributed by atoms with Crippen LogP contribution in [0.15, 0.2) is 0 Å². The van der Waals surface area contributed by atoms with E-state index in [4.69, 9.17) is 14.2 Å². The van der Waals surface area contributed by atoms with Gasteiger partial charge in [0.05, 0.1) is 25.9 Å². The number of ether oxygens (including phenoxy) is 3. The topological polar surface area (TPSA) is 27.7 Å². The summed E-state index contributed by atoms with van der Waals surface area (Å²) < 4.78 is 16.5. The third-order valence-corrected chi connectivity index (χ3v) is 3.09. The Bertz CT molecular complexity index is 162. The van der Waals surface area contributed by atoms with Crippen molar-refractivity contribution in [2.75, 3.05) is 33.0 Å². The molecule has 0 aromatic heterocycles. The average Bonchev–Trinajstić information content (AvgIpc) is 2.39. The molecule has 110 valence electrons. The molecule has 0 N–H and O–H groups in total. The SMILES string of the molecule is CCCCC(CC)COC(C)COCCOCC. The molecule has 0 aliphatic rings. The van der Waals surface area contributed by atoms with Crippen LogP contribution in [0.1, 0.15) is 53.4 Å². The lowest BCUT2D eigenvalue weighted by Gasteiger charge is -2.19. The van der Waals surface area contributed by atoms with Gasteiger partial charge in [-0.2, -0.15) is 0 Å². The van der Waals surface area contributed by atoms with Crippen LogP contribution in [0.5, 0.6) is 0 Å². The maximum atomic E-state index is 5.83. The van der Waals surface area contributed by atoms with Crippen molar-refractivity contribution in [2.24, 2.45) is 5.92 Å². The first-order valence-corrected chi connectivity index (χ1v) is 7.51. The Balaban J connectivity index is 3.45. The van der Waals surface area contributed by atoms with Crippen molar-refractivity contribution >= 4 is 0 Å². The standard InChI is InChI=1S/C15H32O3/c1-5-8-9-15(6-2)13-18-14(4)12-17-11-10-16-7-3/h14-15H,5-13H2,1-4H3. The molecule has 0 aliphatic heterocycles. The molecule has 0 aromatic carbocycles. The van der Waals surface area contributed by atoms with Gasteiger partial charge in [0.1, 0.15) is 0 Å². The molecule has 0 aromatic rings. The highest BCUT2D eigenvalue weighted by Crippen LogP contribution is 2.13. The predicted octanol–water partition coefficient (Wildman–Crippen LogP) is 3.66. The van der Waals surface area contributed by atoms with Crippen molar-refractivity contribution < 1.29 is 14.2 Å². The lowest BCUT2D eigenvalue weighted by Crippen LogP contribution is -2.21. The van der Waals surface area contributed by atoms with E-state index < -0.39 is 0 Å². The molecule has 0 bridgehead atoms. The van der Waals surface area contributed by atoms with Crippen LogP contribution in [-0.4, -0.2) is 39.1 Å². The summed E-state index contributed by atoms with van der Waals surface area (Å²) in [6.45, 7) is 12.2. The lowest BCUT2D eigenvalue weighted by molar-refractivity contribution is -0.0333. The molecule has 0 radical (unpaired) electrons. The summed E-state index contributed by atoms with van der Waals surface area (Å²) in [6, 6.07) is 0. The van der Waals surface area contributed by atoms with Crippen LogP contribution in [-0.2, 0) is 14.2 Å². The lowest BCUT2D eigenvalue weighted by atomic mass is 10.0. The van der Waals surface area contributed by atoms with E-state index >= 15 is 0 Å². The molecular formula is C15H32O3. The molecule has 0 aliphatic carbocycles. The molecule has 0 saturated heterocycles. The number of unbranched alkanes of at least 4 members (excludes halogenated alkanes) is 1. The van der Waals surface area contributed by atoms with Gasteiger partial charge in [0, 0.05) is 13.2 Å². The molecule has 0 saturated carbocycles. The van der Waals surface area contributed by atoms with Crippen LogP contribution in [0.2, 0.25) is 0 Å². The zero-order valence-electron chi connectivity index (χ0n) is 12.7. The third-order valence-electron chi connectivity index (χ3n) is 3.09. The summed E-state index contributed by atoms with van der Waals surface area (Å²) in [7, 11) is 0. The van der Waals surface area contributed by atoms with Gasteiger partial charge in [-0.3, -0.25) is 0 Å². The van der Waals surface area contributed by atoms with Gasteiger partial charge in [0.25, 0.3) is 0 Å². The number of hydrogen-bond acceptors (Lipinski definition) is 3. The van der Waals surface area contributed by atoms with Crippen LogP contribution < -0.4 is 0 Å². The Morgan fingerprint density at radius 2 is 1.67 bits per heavy atom. The number of hydrogen-bond donors (Lipinski definition) is 0. The van der Waals surface area contributed by atoms with Crippen LogP contribution in [0, 0.1) is 5.92 Å². The van der Waals surface area contributed by atoms with Gasteiger partial charge in [-0.05, 0) is 26.2 Å². The van der Waals surface area contributed by atoms with Crippen molar-refractivity contribution in [3.8, 4) is 0 Å². The van der Waals surface area contributed by atoms with Gasteiger partial charge >= 0.3 is 0 Å². The molecule has 0 amide bonds. The van der Waals surface area contributed by atoms with Gasteiger partial charge in [0.2, 0.25) is 0 Å². The van der Waals surface area contributed by atoms with Gasteiger partial charge in [-0.25, -0.2) is 0 Å². The van der Waals surface area contributed by atoms with Crippen molar-refractivity contribution in [1.82, 2.24) is 0 Å². The van der Waals surface area contributed by atoms with E-state index in [1.165, 1.54) is 25.7 Å². The molecule has 3 nitrogen and oxygen atoms in total. The minimum atomic E-state index is 0.183. The molecule has 3 heteroatoms. The fraction of sp³-hybridized carbons (Fsp3) is 1.00.